The van der Waals surface area contributed by atoms with Crippen LogP contribution in [-0.2, 0) is 124 Å². The third kappa shape index (κ3) is 62.3. The number of phosphoric ester groups is 1. The van der Waals surface area contributed by atoms with Crippen LogP contribution in [0.15, 0.2) is 24.3 Å². The number of allylic oxidation sites excluding steroid dienone is 4. The van der Waals surface area contributed by atoms with E-state index in [1.54, 1.807) is 11.8 Å². The fraction of sp³-hybridized carbons (Fsp3) is 0.690. The Morgan fingerprint density at radius 2 is 0.733 bits per heavy atom. The van der Waals surface area contributed by atoms with E-state index in [0.29, 0.717) is 45.3 Å². The lowest BCUT2D eigenvalue weighted by Crippen LogP contribution is -2.50. The molecule has 0 aromatic heterocycles. The molecule has 2 aliphatic heterocycles. The number of rotatable bonds is 78. The number of ether oxygens (including phenoxy) is 2. The number of urea groups is 1. The number of carbonyl (C=O) groups is 22. The average Bonchev–Trinajstić information content (AvgIpc) is 1.66. The van der Waals surface area contributed by atoms with E-state index in [4.69, 9.17) is 18.5 Å². The molecule has 0 aliphatic carbocycles. The fourth-order valence-electron chi connectivity index (χ4n) is 12.9. The summed E-state index contributed by atoms with van der Waals surface area (Å²) >= 11 is 1.73. The first kappa shape index (κ1) is 119. The van der Waals surface area contributed by atoms with Crippen LogP contribution in [0.5, 0.6) is 0 Å². The summed E-state index contributed by atoms with van der Waals surface area (Å²) in [4.78, 5) is 286. The number of fused-ring (bicyclic) bond motifs is 1. The molecule has 17 amide bonds. The lowest BCUT2D eigenvalue weighted by Gasteiger charge is -2.22. The SMILES string of the molecule is C/C=C/CCCCCCCC(=O)OCC(COP(=O)(O)OCCNC(=O)CCCCC(=O)NCC(=O)NCC(=O)N(CC(=O)O)CC(=O)NCC(=O)NCC(=O)N(CC(=O)O)CC(=O)NCCNC(=O)CN(CC(=O)O)C(=O)CNC(=O)CNC(=O)CN(CC(=O)O)C(=O)CNC(=O)CNC(=O)CCCC[C@@H]1SC[C@@H]2NC(=O)N[C@@H]21)OC(=O)CCCCCCC/C=C/CCCCCCCC. The van der Waals surface area contributed by atoms with Gasteiger partial charge in [-0.3, -0.25) is 110 Å². The number of carboxylic acids is 4. The molecule has 0 saturated carbocycles. The van der Waals surface area contributed by atoms with Crippen LogP contribution >= 0.6 is 19.6 Å². The van der Waals surface area contributed by atoms with Crippen molar-refractivity contribution < 1.29 is 154 Å². The maximum Gasteiger partial charge on any atom is 0.472 e. The van der Waals surface area contributed by atoms with E-state index in [0.717, 1.165) is 82.8 Å². The van der Waals surface area contributed by atoms with E-state index in [-0.39, 0.29) is 74.9 Å². The minimum atomic E-state index is -4.79. The van der Waals surface area contributed by atoms with Crippen molar-refractivity contribution in [3.05, 3.63) is 24.3 Å². The van der Waals surface area contributed by atoms with Crippen LogP contribution in [0.4, 0.5) is 4.79 Å². The van der Waals surface area contributed by atoms with Crippen LogP contribution in [0.25, 0.3) is 0 Å². The molecule has 2 saturated heterocycles. The highest BCUT2D eigenvalue weighted by Crippen LogP contribution is 2.43. The summed E-state index contributed by atoms with van der Waals surface area (Å²) in [5.41, 5.74) is 0. The lowest BCUT2D eigenvalue weighted by molar-refractivity contribution is -0.161. The van der Waals surface area contributed by atoms with Gasteiger partial charge >= 0.3 is 49.7 Å². The Morgan fingerprint density at radius 1 is 0.393 bits per heavy atom. The number of nitrogens with one attached hydrogen (secondary N) is 13. The van der Waals surface area contributed by atoms with Gasteiger partial charge in [-0.15, -0.1) is 0 Å². The van der Waals surface area contributed by atoms with Gasteiger partial charge in [-0.2, -0.15) is 11.8 Å². The Bertz CT molecular complexity index is 3990. The zero-order valence-corrected chi connectivity index (χ0v) is 78.5. The molecule has 2 unspecified atom stereocenters. The molecule has 0 aromatic carbocycles. The number of amides is 17. The van der Waals surface area contributed by atoms with Crippen molar-refractivity contribution in [2.75, 3.05) is 150 Å². The molecule has 2 fully saturated rings. The summed E-state index contributed by atoms with van der Waals surface area (Å²) in [6.07, 6.45) is 29.1. The average molecular weight is 1960 g/mol. The van der Waals surface area contributed by atoms with E-state index >= 15 is 0 Å². The molecule has 2 heterocycles. The van der Waals surface area contributed by atoms with Crippen molar-refractivity contribution in [1.82, 2.24) is 88.7 Å². The van der Waals surface area contributed by atoms with E-state index < -0.39 is 276 Å². The largest absolute Gasteiger partial charge is 0.480 e. The monoisotopic (exact) mass is 1960 g/mol. The smallest absolute Gasteiger partial charge is 0.472 e. The Morgan fingerprint density at radius 3 is 1.14 bits per heavy atom. The first-order valence-electron chi connectivity index (χ1n) is 45.2. The van der Waals surface area contributed by atoms with E-state index in [1.807, 2.05) is 13.0 Å². The number of thioether (sulfide) groups is 1. The second-order valence-corrected chi connectivity index (χ2v) is 34.2. The first-order chi connectivity index (χ1) is 64.4. The molecular weight excluding hydrogens is 1820 g/mol. The molecule has 0 radical (unpaired) electrons. The minimum absolute atomic E-state index is 0.0119. The van der Waals surface area contributed by atoms with Crippen molar-refractivity contribution >= 4 is 150 Å². The summed E-state index contributed by atoms with van der Waals surface area (Å²) in [7, 11) is -4.79. The highest BCUT2D eigenvalue weighted by atomic mass is 32.2. The molecule has 135 heavy (non-hydrogen) atoms. The van der Waals surface area contributed by atoms with Crippen molar-refractivity contribution in [3.63, 3.8) is 0 Å². The number of nitrogens with zero attached hydrogens (tertiary/aromatic N) is 4. The van der Waals surface area contributed by atoms with Crippen LogP contribution in [0.3, 0.4) is 0 Å². The van der Waals surface area contributed by atoms with Crippen LogP contribution < -0.4 is 69.1 Å². The molecule has 2 rings (SSSR count). The number of aliphatic carboxylic acids is 4. The van der Waals surface area contributed by atoms with Crippen LogP contribution in [0.1, 0.15) is 200 Å². The van der Waals surface area contributed by atoms with Gasteiger partial charge < -0.3 is 124 Å². The molecular formula is C84H136N17O32PS. The predicted molar refractivity (Wildman–Crippen MR) is 482 cm³/mol. The molecule has 18 N–H and O–H groups in total. The minimum Gasteiger partial charge on any atom is -0.480 e. The maximum absolute atomic E-state index is 13.0. The summed E-state index contributed by atoms with van der Waals surface area (Å²) in [6, 6.07) is -0.144. The summed E-state index contributed by atoms with van der Waals surface area (Å²) < 4.78 is 33.9. The van der Waals surface area contributed by atoms with Crippen LogP contribution in [-0.4, -0.2) is 349 Å². The van der Waals surface area contributed by atoms with Crippen molar-refractivity contribution in [2.45, 2.75) is 223 Å². The fourth-order valence-corrected chi connectivity index (χ4v) is 15.2. The quantitative estimate of drug-likeness (QED) is 0.0104. The first-order valence-corrected chi connectivity index (χ1v) is 47.8. The normalized spacial score (nSPS) is 14.1. The molecule has 760 valence electrons. The molecule has 5 atom stereocenters. The van der Waals surface area contributed by atoms with Crippen LogP contribution in [0.2, 0.25) is 0 Å². The van der Waals surface area contributed by atoms with Gasteiger partial charge in [0.1, 0.15) is 59.0 Å². The predicted octanol–water partition coefficient (Wildman–Crippen LogP) is -1.86. The van der Waals surface area contributed by atoms with Gasteiger partial charge in [0.15, 0.2) is 6.10 Å². The summed E-state index contributed by atoms with van der Waals surface area (Å²) in [5, 5.41) is 68.0. The van der Waals surface area contributed by atoms with Gasteiger partial charge in [0, 0.05) is 62.7 Å². The Kier molecular flexibility index (Phi) is 63.2. The zero-order valence-electron chi connectivity index (χ0n) is 76.8. The van der Waals surface area contributed by atoms with Gasteiger partial charge in [0.25, 0.3) is 0 Å². The Hall–Kier alpha value is -11.9. The molecule has 51 heteroatoms. The van der Waals surface area contributed by atoms with Gasteiger partial charge in [0.05, 0.1) is 77.7 Å². The molecule has 0 aromatic rings. The molecule has 0 bridgehead atoms. The number of unbranched alkanes of at least 4 members (excludes halogenated alkanes) is 18. The zero-order chi connectivity index (χ0) is 100. The van der Waals surface area contributed by atoms with Crippen molar-refractivity contribution in [3.8, 4) is 0 Å². The van der Waals surface area contributed by atoms with Crippen molar-refractivity contribution in [2.24, 2.45) is 0 Å². The highest BCUT2D eigenvalue weighted by molar-refractivity contribution is 8.00. The number of hydrogen-bond acceptors (Lipinski definition) is 28. The number of phosphoric acid groups is 1. The van der Waals surface area contributed by atoms with Gasteiger partial charge in [-0.05, 0) is 84.0 Å². The maximum atomic E-state index is 13.0. The molecule has 49 nitrogen and oxygen atoms in total. The van der Waals surface area contributed by atoms with Crippen LogP contribution in [0, 0.1) is 0 Å². The standard InChI is InChI=1S/C84H136N17O32PS/c1-3-5-7-9-11-13-14-15-16-17-18-19-21-23-25-35-82(126)133-59(56-130-81(125)34-24-22-20-12-10-8-6-4-2)57-132-134(128,129)131-39-38-87-62(102)31-28-29-33-64(104)89-41-66(106)93-47-76(116)101(55-80(123)124)51-72(112)91-43-68(108)95-45-74(114)99(53-78(119)120)49-70(110)86-37-36-85-69(109)48-98(52-77(117)118)73(113)44-94-67(107)42-90-71(111)50-100(54-79(121)122)75(115)46-92-65(105)40-88-63(103)32-27-26-30-61-83-60(58-135-61)96-84(127)97-83/h4,6,15-16,59-61,83H,3,5,7-14,17-58H2,1-2H3,(H,85,109)(H,86,110)(H,87,102)(H,88,103)(H,89,104)(H,90,111)(H,91,112)(H,92,105)(H,93,106)(H,94,107)(H,95,108)(H,117,118)(H,119,120)(H,121,122)(H,123,124)(H,128,129)(H2,96,97,127)/b6-4+,16-15+/t59?,60-,61-,83-/m0/s1. The topological polar surface area (TPSA) is 700 Å². The number of hydrogen-bond donors (Lipinski definition) is 18. The number of carbonyl (C=O) groups excluding carboxylic acids is 18. The van der Waals surface area contributed by atoms with Gasteiger partial charge in [-0.1, -0.05) is 108 Å². The lowest BCUT2D eigenvalue weighted by atomic mass is 10.0. The van der Waals surface area contributed by atoms with Gasteiger partial charge in [-0.25, -0.2) is 9.36 Å². The third-order valence-electron chi connectivity index (χ3n) is 20.0. The second-order valence-electron chi connectivity index (χ2n) is 31.5. The van der Waals surface area contributed by atoms with E-state index in [1.165, 1.54) is 38.5 Å². The number of esters is 2. The van der Waals surface area contributed by atoms with E-state index in [9.17, 15) is 135 Å². The van der Waals surface area contributed by atoms with Gasteiger partial charge in [0.2, 0.25) is 88.6 Å². The Labute approximate surface area is 786 Å². The molecule has 0 spiro atoms. The summed E-state index contributed by atoms with van der Waals surface area (Å²) in [5.74, 6) is -20.8. The van der Waals surface area contributed by atoms with Crippen molar-refractivity contribution in [1.29, 1.82) is 0 Å². The third-order valence-corrected chi connectivity index (χ3v) is 22.4. The Balaban J connectivity index is 1.71. The molecule has 2 aliphatic rings. The van der Waals surface area contributed by atoms with E-state index in [2.05, 4.69) is 94.3 Å². The second kappa shape index (κ2) is 71.6. The highest BCUT2D eigenvalue weighted by Gasteiger charge is 2.43. The number of carboxylic acid groups (broad SMARTS) is 4. The summed E-state index contributed by atoms with van der Waals surface area (Å²) in [6.45, 7) is -13.0.